The molecule has 0 saturated heterocycles. The van der Waals surface area contributed by atoms with Gasteiger partial charge in [0.05, 0.1) is 0 Å². The van der Waals surface area contributed by atoms with Gasteiger partial charge in [-0.1, -0.05) is 17.7 Å². The molecule has 1 amide bonds. The smallest absolute Gasteiger partial charge is 0.360 e. The summed E-state index contributed by atoms with van der Waals surface area (Å²) >= 11 is 0. The molecule has 0 aliphatic heterocycles. The number of benzene rings is 2. The fourth-order valence-electron chi connectivity index (χ4n) is 2.09. The number of carbonyl (C=O) groups excluding carboxylic acids is 1. The van der Waals surface area contributed by atoms with Crippen molar-refractivity contribution in [1.29, 1.82) is 0 Å². The molecular formula is C17H13NO4. The number of nitrogens with one attached hydrogen (secondary N) is 1. The molecular weight excluding hydrogens is 282 g/mol. The van der Waals surface area contributed by atoms with Crippen molar-refractivity contribution in [2.45, 2.75) is 6.92 Å². The van der Waals surface area contributed by atoms with E-state index in [9.17, 15) is 14.7 Å². The van der Waals surface area contributed by atoms with Gasteiger partial charge in [-0.15, -0.1) is 0 Å². The Balaban J connectivity index is 1.95. The third-order valence-electron chi connectivity index (χ3n) is 3.28. The molecule has 2 aromatic carbocycles. The van der Waals surface area contributed by atoms with E-state index < -0.39 is 5.63 Å². The Morgan fingerprint density at radius 2 is 1.82 bits per heavy atom. The van der Waals surface area contributed by atoms with Crippen LogP contribution in [0.2, 0.25) is 0 Å². The average Bonchev–Trinajstić information content (AvgIpc) is 2.49. The zero-order chi connectivity index (χ0) is 15.7. The highest BCUT2D eigenvalue weighted by Gasteiger charge is 2.11. The molecule has 1 heterocycles. The van der Waals surface area contributed by atoms with E-state index in [-0.39, 0.29) is 22.9 Å². The minimum absolute atomic E-state index is 0.00657. The summed E-state index contributed by atoms with van der Waals surface area (Å²) in [5.41, 5.74) is 1.15. The lowest BCUT2D eigenvalue weighted by molar-refractivity contribution is 0.102. The first kappa shape index (κ1) is 13.9. The fraction of sp³-hybridized carbons (Fsp3) is 0.0588. The van der Waals surface area contributed by atoms with Gasteiger partial charge in [0.15, 0.2) is 0 Å². The van der Waals surface area contributed by atoms with Crippen molar-refractivity contribution < 1.29 is 14.3 Å². The first-order valence-electron chi connectivity index (χ1n) is 6.68. The van der Waals surface area contributed by atoms with Crippen molar-refractivity contribution in [3.63, 3.8) is 0 Å². The van der Waals surface area contributed by atoms with E-state index in [0.29, 0.717) is 10.9 Å². The van der Waals surface area contributed by atoms with Crippen molar-refractivity contribution in [3.8, 4) is 5.75 Å². The summed E-state index contributed by atoms with van der Waals surface area (Å²) in [6.07, 6.45) is 0. The SMILES string of the molecule is Cc1ccc(C(=O)Nc2cc3ccc(O)cc3oc2=O)cc1. The highest BCUT2D eigenvalue weighted by Crippen LogP contribution is 2.20. The van der Waals surface area contributed by atoms with E-state index in [4.69, 9.17) is 4.42 Å². The van der Waals surface area contributed by atoms with Crippen molar-refractivity contribution in [3.05, 3.63) is 70.1 Å². The lowest BCUT2D eigenvalue weighted by atomic mass is 10.1. The van der Waals surface area contributed by atoms with E-state index in [0.717, 1.165) is 5.56 Å². The van der Waals surface area contributed by atoms with Crippen molar-refractivity contribution in [2.75, 3.05) is 5.32 Å². The predicted octanol–water partition coefficient (Wildman–Crippen LogP) is 3.06. The summed E-state index contributed by atoms with van der Waals surface area (Å²) in [5.74, 6) is -0.377. The van der Waals surface area contributed by atoms with Crippen LogP contribution in [0, 0.1) is 6.92 Å². The molecule has 0 aliphatic rings. The maximum atomic E-state index is 12.1. The monoisotopic (exact) mass is 295 g/mol. The third-order valence-corrected chi connectivity index (χ3v) is 3.28. The minimum Gasteiger partial charge on any atom is -0.508 e. The molecule has 3 aromatic rings. The molecule has 3 rings (SSSR count). The first-order chi connectivity index (χ1) is 10.5. The van der Waals surface area contributed by atoms with Gasteiger partial charge in [0.25, 0.3) is 5.91 Å². The number of hydrogen-bond acceptors (Lipinski definition) is 4. The Bertz CT molecular complexity index is 910. The molecule has 22 heavy (non-hydrogen) atoms. The number of anilines is 1. The maximum absolute atomic E-state index is 12.1. The van der Waals surface area contributed by atoms with Crippen LogP contribution in [0.15, 0.2) is 57.7 Å². The van der Waals surface area contributed by atoms with Gasteiger partial charge in [0, 0.05) is 17.0 Å². The summed E-state index contributed by atoms with van der Waals surface area (Å²) in [6, 6.07) is 13.0. The Hall–Kier alpha value is -3.08. The minimum atomic E-state index is -0.668. The molecule has 0 atom stereocenters. The second kappa shape index (κ2) is 5.37. The molecule has 0 bridgehead atoms. The highest BCUT2D eigenvalue weighted by atomic mass is 16.4. The number of fused-ring (bicyclic) bond motifs is 1. The maximum Gasteiger partial charge on any atom is 0.360 e. The predicted molar refractivity (Wildman–Crippen MR) is 83.3 cm³/mol. The molecule has 0 spiro atoms. The van der Waals surface area contributed by atoms with Gasteiger partial charge >= 0.3 is 5.63 Å². The summed E-state index contributed by atoms with van der Waals surface area (Å²) in [4.78, 5) is 24.0. The van der Waals surface area contributed by atoms with Gasteiger partial charge in [-0.05, 0) is 37.3 Å². The van der Waals surface area contributed by atoms with Gasteiger partial charge in [-0.3, -0.25) is 4.79 Å². The van der Waals surface area contributed by atoms with Crippen LogP contribution in [0.5, 0.6) is 5.75 Å². The van der Waals surface area contributed by atoms with Crippen LogP contribution in [0.4, 0.5) is 5.69 Å². The first-order valence-corrected chi connectivity index (χ1v) is 6.68. The zero-order valence-electron chi connectivity index (χ0n) is 11.8. The lowest BCUT2D eigenvalue weighted by Gasteiger charge is -2.05. The van der Waals surface area contributed by atoms with E-state index >= 15 is 0 Å². The Morgan fingerprint density at radius 3 is 2.55 bits per heavy atom. The van der Waals surface area contributed by atoms with Gasteiger partial charge in [-0.2, -0.15) is 0 Å². The number of hydrogen-bond donors (Lipinski definition) is 2. The highest BCUT2D eigenvalue weighted by molar-refractivity contribution is 6.04. The van der Waals surface area contributed by atoms with E-state index in [1.165, 1.54) is 18.2 Å². The number of rotatable bonds is 2. The van der Waals surface area contributed by atoms with Crippen LogP contribution in [0.1, 0.15) is 15.9 Å². The van der Waals surface area contributed by atoms with E-state index in [1.54, 1.807) is 18.2 Å². The summed E-state index contributed by atoms with van der Waals surface area (Å²) in [5, 5.41) is 12.5. The topological polar surface area (TPSA) is 79.5 Å². The number of carbonyl (C=O) groups is 1. The van der Waals surface area contributed by atoms with Crippen LogP contribution >= 0.6 is 0 Å². The standard InChI is InChI=1S/C17H13NO4/c1-10-2-4-11(5-3-10)16(20)18-14-8-12-6-7-13(19)9-15(12)22-17(14)21/h2-9,19H,1H3,(H,18,20). The van der Waals surface area contributed by atoms with Gasteiger partial charge in [-0.25, -0.2) is 4.79 Å². The van der Waals surface area contributed by atoms with E-state index in [2.05, 4.69) is 5.32 Å². The largest absolute Gasteiger partial charge is 0.508 e. The molecule has 5 heteroatoms. The summed E-state index contributed by atoms with van der Waals surface area (Å²) in [6.45, 7) is 1.93. The lowest BCUT2D eigenvalue weighted by Crippen LogP contribution is -2.17. The number of amides is 1. The molecule has 0 aliphatic carbocycles. The third kappa shape index (κ3) is 2.69. The van der Waals surface area contributed by atoms with Crippen LogP contribution in [0.25, 0.3) is 11.0 Å². The Kier molecular flexibility index (Phi) is 3.39. The van der Waals surface area contributed by atoms with Gasteiger partial charge in [0.2, 0.25) is 0 Å². The van der Waals surface area contributed by atoms with Crippen LogP contribution < -0.4 is 10.9 Å². The van der Waals surface area contributed by atoms with Gasteiger partial charge in [0.1, 0.15) is 17.0 Å². The van der Waals surface area contributed by atoms with Crippen LogP contribution in [-0.2, 0) is 0 Å². The van der Waals surface area contributed by atoms with Crippen LogP contribution in [-0.4, -0.2) is 11.0 Å². The van der Waals surface area contributed by atoms with Crippen molar-refractivity contribution in [2.24, 2.45) is 0 Å². The number of aromatic hydroxyl groups is 1. The van der Waals surface area contributed by atoms with Gasteiger partial charge < -0.3 is 14.8 Å². The summed E-state index contributed by atoms with van der Waals surface area (Å²) < 4.78 is 5.10. The van der Waals surface area contributed by atoms with Crippen molar-refractivity contribution in [1.82, 2.24) is 0 Å². The fourth-order valence-corrected chi connectivity index (χ4v) is 2.09. The molecule has 5 nitrogen and oxygen atoms in total. The molecule has 110 valence electrons. The Morgan fingerprint density at radius 1 is 1.09 bits per heavy atom. The molecule has 1 aromatic heterocycles. The number of phenols is 1. The molecule has 0 saturated carbocycles. The molecule has 2 N–H and O–H groups in total. The summed E-state index contributed by atoms with van der Waals surface area (Å²) in [7, 11) is 0. The number of phenolic OH excluding ortho intramolecular Hbond substituents is 1. The zero-order valence-corrected chi connectivity index (χ0v) is 11.8. The second-order valence-corrected chi connectivity index (χ2v) is 4.99. The quantitative estimate of drug-likeness (QED) is 0.712. The number of aryl methyl sites for hydroxylation is 1. The average molecular weight is 295 g/mol. The molecule has 0 fully saturated rings. The second-order valence-electron chi connectivity index (χ2n) is 4.99. The molecule has 0 unspecified atom stereocenters. The molecule has 0 radical (unpaired) electrons. The van der Waals surface area contributed by atoms with Crippen molar-refractivity contribution >= 4 is 22.6 Å². The Labute approximate surface area is 125 Å². The van der Waals surface area contributed by atoms with Crippen LogP contribution in [0.3, 0.4) is 0 Å². The normalized spacial score (nSPS) is 10.6. The van der Waals surface area contributed by atoms with E-state index in [1.807, 2.05) is 19.1 Å².